The van der Waals surface area contributed by atoms with Gasteiger partial charge in [0.1, 0.15) is 5.01 Å². The molecule has 1 amide bonds. The van der Waals surface area contributed by atoms with Crippen molar-refractivity contribution in [3.8, 4) is 10.6 Å². The Bertz CT molecular complexity index is 1200. The first-order valence-electron chi connectivity index (χ1n) is 8.93. The van der Waals surface area contributed by atoms with E-state index in [2.05, 4.69) is 28.4 Å². The summed E-state index contributed by atoms with van der Waals surface area (Å²) in [5.41, 5.74) is 3.86. The molecule has 2 aromatic carbocycles. The lowest BCUT2D eigenvalue weighted by molar-refractivity contribution is -0.389. The fraction of sp³-hybridized carbons (Fsp3) is 0.150. The van der Waals surface area contributed by atoms with E-state index in [0.29, 0.717) is 5.69 Å². The monoisotopic (exact) mass is 407 g/mol. The van der Waals surface area contributed by atoms with Gasteiger partial charge in [-0.2, -0.15) is 4.68 Å². The summed E-state index contributed by atoms with van der Waals surface area (Å²) in [5, 5.41) is 18.2. The predicted octanol–water partition coefficient (Wildman–Crippen LogP) is 4.41. The smallest absolute Gasteiger partial charge is 0.358 e. The van der Waals surface area contributed by atoms with Gasteiger partial charge in [0, 0.05) is 17.7 Å². The van der Waals surface area contributed by atoms with Gasteiger partial charge in [0.2, 0.25) is 5.91 Å². The number of carbonyl (C=O) groups is 1. The first-order valence-corrected chi connectivity index (χ1v) is 9.75. The number of aryl methyl sites for hydroxylation is 2. The van der Waals surface area contributed by atoms with Gasteiger partial charge >= 0.3 is 5.82 Å². The van der Waals surface area contributed by atoms with E-state index >= 15 is 0 Å². The Morgan fingerprint density at radius 3 is 2.72 bits per heavy atom. The Morgan fingerprint density at radius 2 is 2.00 bits per heavy atom. The highest BCUT2D eigenvalue weighted by molar-refractivity contribution is 7.21. The third-order valence-corrected chi connectivity index (χ3v) is 5.41. The molecule has 8 nitrogen and oxygen atoms in total. The molecule has 0 bridgehead atoms. The molecular formula is C20H17N5O3S. The molecule has 2 aromatic heterocycles. The summed E-state index contributed by atoms with van der Waals surface area (Å²) < 4.78 is 2.53. The Hall–Kier alpha value is -3.59. The highest BCUT2D eigenvalue weighted by Gasteiger charge is 2.12. The fourth-order valence-electron chi connectivity index (χ4n) is 2.86. The minimum atomic E-state index is -0.565. The van der Waals surface area contributed by atoms with Crippen LogP contribution in [0.25, 0.3) is 20.8 Å². The zero-order chi connectivity index (χ0) is 20.4. The molecule has 4 aromatic rings. The fourth-order valence-corrected chi connectivity index (χ4v) is 3.93. The van der Waals surface area contributed by atoms with Crippen molar-refractivity contribution in [1.29, 1.82) is 0 Å². The molecule has 29 heavy (non-hydrogen) atoms. The van der Waals surface area contributed by atoms with Crippen LogP contribution >= 0.6 is 11.3 Å². The lowest BCUT2D eigenvalue weighted by Gasteiger charge is -2.05. The molecule has 4 rings (SSSR count). The second-order valence-electron chi connectivity index (χ2n) is 6.56. The van der Waals surface area contributed by atoms with Gasteiger partial charge in [0.25, 0.3) is 0 Å². The third kappa shape index (κ3) is 4.30. The average molecular weight is 407 g/mol. The number of rotatable bonds is 6. The summed E-state index contributed by atoms with van der Waals surface area (Å²) in [6.45, 7) is 2.33. The predicted molar refractivity (Wildman–Crippen MR) is 112 cm³/mol. The van der Waals surface area contributed by atoms with Gasteiger partial charge in [0.15, 0.2) is 0 Å². The van der Waals surface area contributed by atoms with Crippen molar-refractivity contribution < 1.29 is 9.72 Å². The quantitative estimate of drug-likeness (QED) is 0.377. The molecule has 2 heterocycles. The van der Waals surface area contributed by atoms with Crippen molar-refractivity contribution in [3.05, 3.63) is 70.4 Å². The van der Waals surface area contributed by atoms with Gasteiger partial charge in [-0.15, -0.1) is 11.3 Å². The van der Waals surface area contributed by atoms with E-state index < -0.39 is 4.92 Å². The van der Waals surface area contributed by atoms with E-state index in [-0.39, 0.29) is 24.7 Å². The van der Waals surface area contributed by atoms with Crippen LogP contribution in [0.5, 0.6) is 0 Å². The summed E-state index contributed by atoms with van der Waals surface area (Å²) in [6.07, 6.45) is 1.65. The van der Waals surface area contributed by atoms with Crippen LogP contribution in [0, 0.1) is 17.0 Å². The number of fused-ring (bicyclic) bond motifs is 1. The van der Waals surface area contributed by atoms with Gasteiger partial charge in [-0.25, -0.2) is 4.98 Å². The number of hydrogen-bond acceptors (Lipinski definition) is 6. The third-order valence-electron chi connectivity index (χ3n) is 4.34. The van der Waals surface area contributed by atoms with Crippen molar-refractivity contribution in [2.75, 3.05) is 5.32 Å². The molecule has 146 valence electrons. The van der Waals surface area contributed by atoms with E-state index in [1.165, 1.54) is 22.5 Å². The highest BCUT2D eigenvalue weighted by Crippen LogP contribution is 2.31. The van der Waals surface area contributed by atoms with Crippen LogP contribution in [0.15, 0.2) is 54.7 Å². The summed E-state index contributed by atoms with van der Waals surface area (Å²) in [5.74, 6) is -0.419. The molecule has 0 atom stereocenters. The standard InChI is InChI=1S/C20H17N5O3S/c1-13-2-7-16-17(12-13)29-20(22-16)14-3-5-15(6-4-14)21-19(26)9-11-24-10-8-18(23-24)25(27)28/h2-8,10,12H,9,11H2,1H3,(H,21,26). The number of nitro groups is 1. The van der Waals surface area contributed by atoms with Crippen LogP contribution in [0.4, 0.5) is 11.5 Å². The van der Waals surface area contributed by atoms with Crippen molar-refractivity contribution in [2.45, 2.75) is 19.9 Å². The maximum atomic E-state index is 12.1. The number of carbonyl (C=O) groups excluding carboxylic acids is 1. The number of amides is 1. The normalized spacial score (nSPS) is 10.9. The van der Waals surface area contributed by atoms with Crippen LogP contribution in [-0.2, 0) is 11.3 Å². The molecule has 0 saturated carbocycles. The number of thiazole rings is 1. The Kier molecular flexibility index (Phi) is 5.05. The highest BCUT2D eigenvalue weighted by atomic mass is 32.1. The SMILES string of the molecule is Cc1ccc2nc(-c3ccc(NC(=O)CCn4ccc([N+](=O)[O-])n4)cc3)sc2c1. The van der Waals surface area contributed by atoms with Gasteiger partial charge in [-0.3, -0.25) is 4.79 Å². The molecule has 0 saturated heterocycles. The molecule has 0 unspecified atom stereocenters. The number of nitrogens with one attached hydrogen (secondary N) is 1. The summed E-state index contributed by atoms with van der Waals surface area (Å²) in [6, 6.07) is 15.0. The second kappa shape index (κ2) is 7.80. The van der Waals surface area contributed by atoms with Crippen LogP contribution in [0.1, 0.15) is 12.0 Å². The Labute approximate surface area is 170 Å². The number of benzene rings is 2. The average Bonchev–Trinajstić information content (AvgIpc) is 3.33. The molecule has 0 aliphatic heterocycles. The van der Waals surface area contributed by atoms with E-state index in [4.69, 9.17) is 0 Å². The molecule has 9 heteroatoms. The maximum absolute atomic E-state index is 12.1. The minimum Gasteiger partial charge on any atom is -0.358 e. The lowest BCUT2D eigenvalue weighted by Crippen LogP contribution is -2.14. The van der Waals surface area contributed by atoms with Crippen LogP contribution in [0.3, 0.4) is 0 Å². The van der Waals surface area contributed by atoms with Crippen molar-refractivity contribution in [3.63, 3.8) is 0 Å². The molecule has 0 radical (unpaired) electrons. The van der Waals surface area contributed by atoms with E-state index in [9.17, 15) is 14.9 Å². The van der Waals surface area contributed by atoms with Crippen molar-refractivity contribution in [1.82, 2.24) is 14.8 Å². The van der Waals surface area contributed by atoms with Crippen LogP contribution < -0.4 is 5.32 Å². The minimum absolute atomic E-state index is 0.164. The lowest BCUT2D eigenvalue weighted by atomic mass is 10.2. The van der Waals surface area contributed by atoms with Crippen molar-refractivity contribution >= 4 is 39.0 Å². The molecule has 1 N–H and O–H groups in total. The number of hydrogen-bond donors (Lipinski definition) is 1. The zero-order valence-corrected chi connectivity index (χ0v) is 16.3. The summed E-state index contributed by atoms with van der Waals surface area (Å²) in [4.78, 5) is 26.9. The number of anilines is 1. The molecule has 0 spiro atoms. The van der Waals surface area contributed by atoms with E-state index in [1.807, 2.05) is 36.4 Å². The number of aromatic nitrogens is 3. The van der Waals surface area contributed by atoms with Crippen LogP contribution in [-0.4, -0.2) is 25.6 Å². The van der Waals surface area contributed by atoms with Gasteiger partial charge in [-0.05, 0) is 53.8 Å². The summed E-state index contributed by atoms with van der Waals surface area (Å²) in [7, 11) is 0. The van der Waals surface area contributed by atoms with Crippen LogP contribution in [0.2, 0.25) is 0 Å². The van der Waals surface area contributed by atoms with E-state index in [0.717, 1.165) is 20.8 Å². The molecule has 0 aliphatic rings. The topological polar surface area (TPSA) is 103 Å². The van der Waals surface area contributed by atoms with Crippen molar-refractivity contribution in [2.24, 2.45) is 0 Å². The van der Waals surface area contributed by atoms with Gasteiger partial charge in [0.05, 0.1) is 34.1 Å². The largest absolute Gasteiger partial charge is 0.389 e. The first kappa shape index (κ1) is 18.8. The molecular weight excluding hydrogens is 390 g/mol. The number of nitrogens with zero attached hydrogens (tertiary/aromatic N) is 4. The maximum Gasteiger partial charge on any atom is 0.389 e. The van der Waals surface area contributed by atoms with Gasteiger partial charge < -0.3 is 15.4 Å². The summed E-state index contributed by atoms with van der Waals surface area (Å²) >= 11 is 1.64. The Morgan fingerprint density at radius 1 is 1.21 bits per heavy atom. The molecule has 0 aliphatic carbocycles. The first-order chi connectivity index (χ1) is 14.0. The van der Waals surface area contributed by atoms with E-state index in [1.54, 1.807) is 11.3 Å². The Balaban J connectivity index is 1.38. The zero-order valence-electron chi connectivity index (χ0n) is 15.5. The second-order valence-corrected chi connectivity index (χ2v) is 7.59. The molecule has 0 fully saturated rings. The van der Waals surface area contributed by atoms with Gasteiger partial charge in [-0.1, -0.05) is 6.07 Å².